The van der Waals surface area contributed by atoms with E-state index in [0.29, 0.717) is 0 Å². The number of hydrogen-bond acceptors (Lipinski definition) is 4. The van der Waals surface area contributed by atoms with Gasteiger partial charge in [-0.25, -0.2) is 16.8 Å². The summed E-state index contributed by atoms with van der Waals surface area (Å²) < 4.78 is 110. The van der Waals surface area contributed by atoms with Crippen LogP contribution in [0.25, 0.3) is 4.13 Å². The number of nitrogens with zero attached hydrogens (tertiary/aromatic N) is 2. The molecule has 1 atom stereocenters. The third-order valence-electron chi connectivity index (χ3n) is 4.67. The van der Waals surface area contributed by atoms with E-state index in [0.717, 1.165) is 10.2 Å². The molecule has 0 bridgehead atoms. The van der Waals surface area contributed by atoms with E-state index in [4.69, 9.17) is 0 Å². The molecule has 0 saturated carbocycles. The van der Waals surface area contributed by atoms with E-state index in [9.17, 15) is 43.2 Å². The summed E-state index contributed by atoms with van der Waals surface area (Å²) in [4.78, 5) is 0. The Labute approximate surface area is 187 Å². The smallest absolute Gasteiger partial charge is 0.421 e. The molecule has 0 radical (unpaired) electrons. The molecule has 0 amide bonds. The summed E-state index contributed by atoms with van der Waals surface area (Å²) in [6, 6.07) is 0.772. The van der Waals surface area contributed by atoms with E-state index in [1.54, 1.807) is 0 Å². The Hall–Kier alpha value is -0.860. The SMILES string of the molecule is CC=C[N+](CCCC)(CCCC)C(C)CCC.O=S(=O)([N-]S(=O)(=O)C(F)(F)F)C(F)(F)F. The largest absolute Gasteiger partial charge is 0.480 e. The van der Waals surface area contributed by atoms with Crippen molar-refractivity contribution in [3.63, 3.8) is 0 Å². The summed E-state index contributed by atoms with van der Waals surface area (Å²) in [6.45, 7) is 14.2. The minimum Gasteiger partial charge on any atom is -0.421 e. The first kappa shape index (κ1) is 33.3. The highest BCUT2D eigenvalue weighted by atomic mass is 32.3. The molecule has 0 N–H and O–H groups in total. The lowest BCUT2D eigenvalue weighted by Gasteiger charge is -2.41. The molecule has 0 aromatic heterocycles. The topological polar surface area (TPSA) is 82.4 Å². The maximum absolute atomic E-state index is 11.4. The number of hydrogen-bond donors (Lipinski definition) is 0. The molecular formula is C18H34F6N2O4S2. The maximum atomic E-state index is 11.4. The fraction of sp³-hybridized carbons (Fsp3) is 0.889. The van der Waals surface area contributed by atoms with Crippen LogP contribution in [0.4, 0.5) is 26.3 Å². The van der Waals surface area contributed by atoms with Gasteiger partial charge < -0.3 is 4.13 Å². The molecule has 0 aromatic rings. The summed E-state index contributed by atoms with van der Waals surface area (Å²) in [5, 5.41) is 0. The zero-order chi connectivity index (χ0) is 25.9. The Balaban J connectivity index is 0. The van der Waals surface area contributed by atoms with Crippen molar-refractivity contribution in [1.82, 2.24) is 0 Å². The Morgan fingerprint density at radius 1 is 0.812 bits per heavy atom. The van der Waals surface area contributed by atoms with Crippen molar-refractivity contribution >= 4 is 20.0 Å². The van der Waals surface area contributed by atoms with E-state index in [1.165, 1.54) is 56.1 Å². The van der Waals surface area contributed by atoms with Crippen molar-refractivity contribution in [3.05, 3.63) is 16.4 Å². The van der Waals surface area contributed by atoms with Crippen LogP contribution in [0.2, 0.25) is 0 Å². The van der Waals surface area contributed by atoms with Crippen LogP contribution < -0.4 is 0 Å². The van der Waals surface area contributed by atoms with E-state index in [1.807, 2.05) is 0 Å². The third kappa shape index (κ3) is 10.8. The van der Waals surface area contributed by atoms with Gasteiger partial charge in [-0.05, 0) is 39.2 Å². The fourth-order valence-corrected chi connectivity index (χ4v) is 4.65. The zero-order valence-corrected chi connectivity index (χ0v) is 20.6. The molecule has 0 aliphatic heterocycles. The van der Waals surface area contributed by atoms with Gasteiger partial charge in [0.1, 0.15) is 0 Å². The lowest BCUT2D eigenvalue weighted by Crippen LogP contribution is -2.51. The third-order valence-corrected chi connectivity index (χ3v) is 7.41. The number of unbranched alkanes of at least 4 members (excludes halogenated alkanes) is 2. The fourth-order valence-electron chi connectivity index (χ4n) is 2.94. The number of halogens is 6. The second-order valence-electron chi connectivity index (χ2n) is 7.29. The molecule has 0 spiro atoms. The van der Waals surface area contributed by atoms with Crippen molar-refractivity contribution in [1.29, 1.82) is 0 Å². The van der Waals surface area contributed by atoms with Gasteiger partial charge in [0.25, 0.3) is 0 Å². The van der Waals surface area contributed by atoms with Gasteiger partial charge in [0.2, 0.25) is 0 Å². The molecule has 0 aliphatic carbocycles. The van der Waals surface area contributed by atoms with E-state index in [-0.39, 0.29) is 0 Å². The first-order valence-electron chi connectivity index (χ1n) is 10.2. The van der Waals surface area contributed by atoms with Crippen LogP contribution in [0, 0.1) is 0 Å². The molecule has 14 heteroatoms. The number of quaternary nitrogens is 1. The van der Waals surface area contributed by atoms with Gasteiger partial charge in [-0.3, -0.25) is 4.48 Å². The zero-order valence-electron chi connectivity index (χ0n) is 19.0. The Bertz CT molecular complexity index is 713. The van der Waals surface area contributed by atoms with Gasteiger partial charge in [-0.2, -0.15) is 26.3 Å². The first-order chi connectivity index (χ1) is 14.4. The molecule has 6 nitrogen and oxygen atoms in total. The van der Waals surface area contributed by atoms with E-state index in [2.05, 4.69) is 46.9 Å². The van der Waals surface area contributed by atoms with Crippen LogP contribution in [-0.2, 0) is 20.0 Å². The molecule has 0 aromatic carbocycles. The van der Waals surface area contributed by atoms with E-state index < -0.39 is 31.1 Å². The lowest BCUT2D eigenvalue weighted by molar-refractivity contribution is -0.903. The molecule has 0 heterocycles. The van der Waals surface area contributed by atoms with Crippen LogP contribution in [0.1, 0.15) is 73.1 Å². The average molecular weight is 521 g/mol. The van der Waals surface area contributed by atoms with Crippen LogP contribution in [0.5, 0.6) is 0 Å². The molecule has 0 fully saturated rings. The molecule has 0 saturated heterocycles. The number of rotatable bonds is 12. The van der Waals surface area contributed by atoms with Crippen LogP contribution in [0.15, 0.2) is 12.3 Å². The molecular weight excluding hydrogens is 486 g/mol. The average Bonchev–Trinajstić information content (AvgIpc) is 2.62. The normalized spacial score (nSPS) is 14.8. The molecule has 1 unspecified atom stereocenters. The summed E-state index contributed by atoms with van der Waals surface area (Å²) in [5.74, 6) is 0. The quantitative estimate of drug-likeness (QED) is 0.227. The van der Waals surface area contributed by atoms with Crippen LogP contribution >= 0.6 is 0 Å². The van der Waals surface area contributed by atoms with Gasteiger partial charge in [0.05, 0.1) is 25.3 Å². The Morgan fingerprint density at radius 3 is 1.44 bits per heavy atom. The van der Waals surface area contributed by atoms with Crippen molar-refractivity contribution in [2.24, 2.45) is 0 Å². The number of alkyl halides is 6. The van der Waals surface area contributed by atoms with Crippen molar-refractivity contribution in [2.75, 3.05) is 13.1 Å². The Kier molecular flexibility index (Phi) is 14.3. The minimum absolute atomic E-state index is 0.772. The van der Waals surface area contributed by atoms with Crippen LogP contribution in [0.3, 0.4) is 0 Å². The lowest BCUT2D eigenvalue weighted by atomic mass is 10.1. The maximum Gasteiger partial charge on any atom is 0.480 e. The highest BCUT2D eigenvalue weighted by Crippen LogP contribution is 2.36. The monoisotopic (exact) mass is 520 g/mol. The number of sulfonamides is 2. The summed E-state index contributed by atoms with van der Waals surface area (Å²) in [5.41, 5.74) is -12.4. The second kappa shape index (κ2) is 13.8. The standard InChI is InChI=1S/C16H34N.C2F6NO4S2/c1-6-10-14-17(13-9-4,15-11-7-2)16(5)12-8-3;3-1(4,5)14(10,11)9-15(12,13)2(6,7)8/h9,13,16H,6-8,10-12,14-15H2,1-5H3;/q+1;-1. The van der Waals surface area contributed by atoms with Gasteiger partial charge in [0, 0.05) is 0 Å². The van der Waals surface area contributed by atoms with E-state index >= 15 is 0 Å². The van der Waals surface area contributed by atoms with Crippen LogP contribution in [-0.4, -0.2) is 51.5 Å². The van der Waals surface area contributed by atoms with Gasteiger partial charge in [-0.15, -0.1) is 0 Å². The highest BCUT2D eigenvalue weighted by Gasteiger charge is 2.46. The molecule has 32 heavy (non-hydrogen) atoms. The first-order valence-corrected chi connectivity index (χ1v) is 13.1. The van der Waals surface area contributed by atoms with Gasteiger partial charge in [0.15, 0.2) is 20.0 Å². The minimum atomic E-state index is -6.72. The van der Waals surface area contributed by atoms with Crippen molar-refractivity contribution < 1.29 is 47.7 Å². The summed E-state index contributed by atoms with van der Waals surface area (Å²) in [6.07, 6.45) is 12.7. The molecule has 194 valence electrons. The summed E-state index contributed by atoms with van der Waals surface area (Å²) in [7, 11) is -13.4. The number of allylic oxidation sites excluding steroid dienone is 1. The second-order valence-corrected chi connectivity index (χ2v) is 10.7. The molecule has 0 rings (SSSR count). The van der Waals surface area contributed by atoms with Crippen molar-refractivity contribution in [2.45, 2.75) is 90.2 Å². The highest BCUT2D eigenvalue weighted by molar-refractivity contribution is 8.13. The predicted octanol–water partition coefficient (Wildman–Crippen LogP) is 6.18. The Morgan fingerprint density at radius 2 is 1.19 bits per heavy atom. The predicted molar refractivity (Wildman–Crippen MR) is 112 cm³/mol. The molecule has 0 aliphatic rings. The summed E-state index contributed by atoms with van der Waals surface area (Å²) >= 11 is 0. The van der Waals surface area contributed by atoms with Gasteiger partial charge in [-0.1, -0.05) is 40.0 Å². The van der Waals surface area contributed by atoms with Gasteiger partial charge >= 0.3 is 11.0 Å². The van der Waals surface area contributed by atoms with Crippen molar-refractivity contribution in [3.8, 4) is 0 Å².